The number of hydrogen-bond acceptors (Lipinski definition) is 2. The summed E-state index contributed by atoms with van der Waals surface area (Å²) in [6, 6.07) is 2.67. The van der Waals surface area contributed by atoms with Gasteiger partial charge in [-0.05, 0) is 13.3 Å². The van der Waals surface area contributed by atoms with Crippen LogP contribution in [-0.4, -0.2) is 17.5 Å². The molecule has 0 saturated carbocycles. The first-order valence-electron chi connectivity index (χ1n) is 3.78. The third-order valence-electron chi connectivity index (χ3n) is 1.27. The normalized spacial score (nSPS) is 8.25. The van der Waals surface area contributed by atoms with Crippen LogP contribution in [0.15, 0.2) is 0 Å². The van der Waals surface area contributed by atoms with E-state index in [2.05, 4.69) is 22.0 Å². The highest BCUT2D eigenvalue weighted by Gasteiger charge is 2.10. The highest BCUT2D eigenvalue weighted by atomic mass is 127. The molecule has 0 aliphatic heterocycles. The van der Waals surface area contributed by atoms with E-state index >= 15 is 0 Å². The maximum Gasteiger partial charge on any atom is 0.431 e. The Kier molecular flexibility index (Phi) is 6.96. The molecule has 0 aromatic rings. The van der Waals surface area contributed by atoms with Gasteiger partial charge in [0.25, 0.3) is 0 Å². The van der Waals surface area contributed by atoms with Crippen molar-refractivity contribution in [2.45, 2.75) is 26.7 Å². The van der Waals surface area contributed by atoms with E-state index < -0.39 is 6.09 Å². The zero-order valence-corrected chi connectivity index (χ0v) is 9.42. The fourth-order valence-electron chi connectivity index (χ4n) is 0.686. The van der Waals surface area contributed by atoms with Crippen molar-refractivity contribution in [2.24, 2.45) is 0 Å². The zero-order valence-electron chi connectivity index (χ0n) is 7.26. The molecule has 1 amide bonds. The van der Waals surface area contributed by atoms with Gasteiger partial charge in [-0.25, -0.2) is 9.69 Å². The molecule has 0 spiro atoms. The molecule has 4 heteroatoms. The Balaban J connectivity index is 4.00. The first kappa shape index (κ1) is 11.6. The third-order valence-corrected chi connectivity index (χ3v) is 1.65. The molecule has 0 bridgehead atoms. The van der Waals surface area contributed by atoms with Crippen molar-refractivity contribution in [3.63, 3.8) is 0 Å². The summed E-state index contributed by atoms with van der Waals surface area (Å²) in [5.41, 5.74) is 0. The highest BCUT2D eigenvalue weighted by Crippen LogP contribution is 1.99. The van der Waals surface area contributed by atoms with Crippen LogP contribution in [0.5, 0.6) is 0 Å². The second-order valence-corrected chi connectivity index (χ2v) is 2.65. The first-order valence-corrected chi connectivity index (χ1v) is 4.66. The number of nitrogens with zero attached hydrogens (tertiary/aromatic N) is 1. The van der Waals surface area contributed by atoms with Crippen LogP contribution >= 0.6 is 23.0 Å². The number of amides is 1. The van der Waals surface area contributed by atoms with Gasteiger partial charge in [-0.3, -0.25) is 0 Å². The SMILES string of the molecule is CC#CN(CCCC)C(=O)OI. The Labute approximate surface area is 87.1 Å². The van der Waals surface area contributed by atoms with E-state index in [1.54, 1.807) is 29.9 Å². The van der Waals surface area contributed by atoms with Crippen LogP contribution in [0.2, 0.25) is 0 Å². The van der Waals surface area contributed by atoms with Gasteiger partial charge in [0.2, 0.25) is 0 Å². The summed E-state index contributed by atoms with van der Waals surface area (Å²) >= 11 is 1.56. The highest BCUT2D eigenvalue weighted by molar-refractivity contribution is 14.1. The van der Waals surface area contributed by atoms with Gasteiger partial charge in [0, 0.05) is 12.6 Å². The Hall–Kier alpha value is -0.440. The van der Waals surface area contributed by atoms with Crippen molar-refractivity contribution in [2.75, 3.05) is 6.54 Å². The second kappa shape index (κ2) is 7.22. The van der Waals surface area contributed by atoms with E-state index in [-0.39, 0.29) is 0 Å². The van der Waals surface area contributed by atoms with Gasteiger partial charge in [-0.1, -0.05) is 19.3 Å². The number of carbonyl (C=O) groups is 1. The van der Waals surface area contributed by atoms with Crippen LogP contribution < -0.4 is 0 Å². The van der Waals surface area contributed by atoms with Crippen molar-refractivity contribution in [1.29, 1.82) is 0 Å². The molecule has 3 nitrogen and oxygen atoms in total. The van der Waals surface area contributed by atoms with Gasteiger partial charge in [-0.2, -0.15) is 0 Å². The number of unbranched alkanes of at least 4 members (excludes halogenated alkanes) is 1. The van der Waals surface area contributed by atoms with E-state index in [4.69, 9.17) is 0 Å². The zero-order chi connectivity index (χ0) is 9.40. The van der Waals surface area contributed by atoms with E-state index in [0.717, 1.165) is 12.8 Å². The van der Waals surface area contributed by atoms with Crippen LogP contribution in [0.1, 0.15) is 26.7 Å². The molecular weight excluding hydrogens is 269 g/mol. The largest absolute Gasteiger partial charge is 0.431 e. The number of carbonyl (C=O) groups excluding carboxylic acids is 1. The molecule has 0 heterocycles. The van der Waals surface area contributed by atoms with Crippen LogP contribution in [0.4, 0.5) is 4.79 Å². The minimum absolute atomic E-state index is 0.390. The quantitative estimate of drug-likeness (QED) is 0.452. The predicted octanol–water partition coefficient (Wildman–Crippen LogP) is 2.56. The summed E-state index contributed by atoms with van der Waals surface area (Å²) in [6.07, 6.45) is 1.59. The fraction of sp³-hybridized carbons (Fsp3) is 0.625. The Bertz CT molecular complexity index is 195. The van der Waals surface area contributed by atoms with Crippen molar-refractivity contribution < 1.29 is 7.86 Å². The van der Waals surface area contributed by atoms with E-state index in [1.807, 2.05) is 0 Å². The van der Waals surface area contributed by atoms with Gasteiger partial charge in [0.05, 0.1) is 0 Å². The monoisotopic (exact) mass is 281 g/mol. The molecule has 0 radical (unpaired) electrons. The van der Waals surface area contributed by atoms with E-state index in [1.165, 1.54) is 4.90 Å². The fourth-order valence-corrected chi connectivity index (χ4v) is 0.923. The lowest BCUT2D eigenvalue weighted by Gasteiger charge is -2.11. The molecule has 0 aliphatic carbocycles. The van der Waals surface area contributed by atoms with E-state index in [0.29, 0.717) is 6.54 Å². The molecule has 0 atom stereocenters. The summed E-state index contributed by atoms with van der Waals surface area (Å²) in [4.78, 5) is 12.4. The van der Waals surface area contributed by atoms with E-state index in [9.17, 15) is 4.79 Å². The van der Waals surface area contributed by atoms with Crippen molar-refractivity contribution >= 4 is 29.1 Å². The van der Waals surface area contributed by atoms with Crippen LogP contribution in [0.25, 0.3) is 0 Å². The molecule has 12 heavy (non-hydrogen) atoms. The van der Waals surface area contributed by atoms with Crippen LogP contribution in [-0.2, 0) is 3.07 Å². The van der Waals surface area contributed by atoms with Gasteiger partial charge in [0.15, 0.2) is 23.0 Å². The average molecular weight is 281 g/mol. The minimum atomic E-state index is -0.390. The molecule has 0 N–H and O–H groups in total. The molecule has 0 rings (SSSR count). The van der Waals surface area contributed by atoms with Gasteiger partial charge in [-0.15, -0.1) is 0 Å². The summed E-state index contributed by atoms with van der Waals surface area (Å²) in [5, 5.41) is 0. The van der Waals surface area contributed by atoms with Gasteiger partial charge in [0.1, 0.15) is 0 Å². The van der Waals surface area contributed by atoms with Crippen LogP contribution in [0.3, 0.4) is 0 Å². The van der Waals surface area contributed by atoms with Crippen molar-refractivity contribution in [3.05, 3.63) is 0 Å². The average Bonchev–Trinajstić information content (AvgIpc) is 2.11. The lowest BCUT2D eigenvalue weighted by molar-refractivity contribution is 0.187. The summed E-state index contributed by atoms with van der Waals surface area (Å²) in [7, 11) is 0. The third kappa shape index (κ3) is 4.44. The number of hydrogen-bond donors (Lipinski definition) is 0. The lowest BCUT2D eigenvalue weighted by Crippen LogP contribution is -2.25. The van der Waals surface area contributed by atoms with Gasteiger partial charge < -0.3 is 3.07 Å². The Morgan fingerprint density at radius 3 is 2.75 bits per heavy atom. The summed E-state index contributed by atoms with van der Waals surface area (Å²) in [6.45, 7) is 4.39. The molecular formula is C8H12INO2. The van der Waals surface area contributed by atoms with Crippen molar-refractivity contribution in [3.8, 4) is 12.0 Å². The molecule has 0 fully saturated rings. The molecule has 0 unspecified atom stereocenters. The minimum Gasteiger partial charge on any atom is -0.378 e. The second-order valence-electron chi connectivity index (χ2n) is 2.21. The molecule has 0 saturated heterocycles. The maximum atomic E-state index is 11.0. The maximum absolute atomic E-state index is 11.0. The van der Waals surface area contributed by atoms with Crippen molar-refractivity contribution in [1.82, 2.24) is 4.90 Å². The molecule has 0 aliphatic rings. The summed E-state index contributed by atoms with van der Waals surface area (Å²) in [5.74, 6) is 2.66. The summed E-state index contributed by atoms with van der Waals surface area (Å²) < 4.78 is 4.52. The Morgan fingerprint density at radius 1 is 1.67 bits per heavy atom. The molecule has 0 aromatic heterocycles. The number of rotatable bonds is 3. The first-order chi connectivity index (χ1) is 5.76. The predicted molar refractivity (Wildman–Crippen MR) is 55.6 cm³/mol. The number of halogens is 1. The molecule has 0 aromatic carbocycles. The topological polar surface area (TPSA) is 29.5 Å². The molecule has 68 valence electrons. The van der Waals surface area contributed by atoms with Gasteiger partial charge >= 0.3 is 6.09 Å². The lowest BCUT2D eigenvalue weighted by atomic mass is 10.3. The standard InChI is InChI=1S/C8H12INO2/c1-3-5-7-10(6-4-2)8(11)12-9/h3,5,7H2,1-2H3. The smallest absolute Gasteiger partial charge is 0.378 e. The van der Waals surface area contributed by atoms with Crippen LogP contribution in [0, 0.1) is 12.0 Å². The Morgan fingerprint density at radius 2 is 2.33 bits per heavy atom.